The molecule has 0 aromatic rings. The maximum atomic E-state index is 2.66. The van der Waals surface area contributed by atoms with Gasteiger partial charge in [-0.15, -0.1) is 0 Å². The molecule has 16 heavy (non-hydrogen) atoms. The summed E-state index contributed by atoms with van der Waals surface area (Å²) in [5.74, 6) is 1.06. The molecule has 2 fully saturated rings. The van der Waals surface area contributed by atoms with Gasteiger partial charge in [0.2, 0.25) is 0 Å². The highest BCUT2D eigenvalue weighted by atomic mass is 15.1. The van der Waals surface area contributed by atoms with Crippen LogP contribution in [0.5, 0.6) is 0 Å². The van der Waals surface area contributed by atoms with Crippen LogP contribution in [0.3, 0.4) is 0 Å². The molecular formula is C15H29N. The molecule has 0 atom stereocenters. The first-order valence-electron chi connectivity index (χ1n) is 7.56. The molecule has 2 aliphatic rings. The highest BCUT2D eigenvalue weighted by Crippen LogP contribution is 2.27. The topological polar surface area (TPSA) is 3.24 Å². The second kappa shape index (κ2) is 6.64. The van der Waals surface area contributed by atoms with Gasteiger partial charge in [-0.3, -0.25) is 0 Å². The molecule has 0 aromatic heterocycles. The Bertz CT molecular complexity index is 178. The predicted octanol–water partition coefficient (Wildman–Crippen LogP) is 4.22. The predicted molar refractivity (Wildman–Crippen MR) is 70.7 cm³/mol. The summed E-state index contributed by atoms with van der Waals surface area (Å²) in [7, 11) is 2.36. The fraction of sp³-hybridized carbons (Fsp3) is 1.00. The zero-order chi connectivity index (χ0) is 11.2. The molecule has 2 aliphatic carbocycles. The second-order valence-electron chi connectivity index (χ2n) is 6.07. The zero-order valence-electron chi connectivity index (χ0n) is 11.1. The lowest BCUT2D eigenvalue weighted by Gasteiger charge is -2.32. The average molecular weight is 223 g/mol. The lowest BCUT2D eigenvalue weighted by molar-refractivity contribution is 0.173. The van der Waals surface area contributed by atoms with E-state index >= 15 is 0 Å². The van der Waals surface area contributed by atoms with E-state index in [1.165, 1.54) is 77.2 Å². The minimum atomic E-state index is 0.914. The van der Waals surface area contributed by atoms with Crippen molar-refractivity contribution in [2.45, 2.75) is 76.7 Å². The van der Waals surface area contributed by atoms with Crippen LogP contribution in [0.25, 0.3) is 0 Å². The molecule has 0 spiro atoms. The SMILES string of the molecule is CN(CCC1CCCCC1)C1CCCCC1. The Morgan fingerprint density at radius 3 is 2.00 bits per heavy atom. The van der Waals surface area contributed by atoms with E-state index < -0.39 is 0 Å². The van der Waals surface area contributed by atoms with Crippen LogP contribution in [0, 0.1) is 5.92 Å². The molecule has 94 valence electrons. The Labute approximate surface area is 102 Å². The minimum absolute atomic E-state index is 0.914. The van der Waals surface area contributed by atoms with Gasteiger partial charge in [-0.05, 0) is 38.8 Å². The molecule has 0 N–H and O–H groups in total. The molecule has 0 saturated heterocycles. The highest BCUT2D eigenvalue weighted by molar-refractivity contribution is 4.75. The van der Waals surface area contributed by atoms with Crippen LogP contribution in [0.4, 0.5) is 0 Å². The summed E-state index contributed by atoms with van der Waals surface area (Å²) in [4.78, 5) is 2.66. The Hall–Kier alpha value is -0.0400. The molecule has 2 rings (SSSR count). The third-order valence-electron chi connectivity index (χ3n) is 4.81. The zero-order valence-corrected chi connectivity index (χ0v) is 11.1. The van der Waals surface area contributed by atoms with Crippen molar-refractivity contribution in [3.05, 3.63) is 0 Å². The molecule has 1 nitrogen and oxygen atoms in total. The smallest absolute Gasteiger partial charge is 0.00922 e. The third kappa shape index (κ3) is 3.76. The van der Waals surface area contributed by atoms with E-state index in [9.17, 15) is 0 Å². The Kier molecular flexibility index (Phi) is 5.15. The number of hydrogen-bond acceptors (Lipinski definition) is 1. The normalized spacial score (nSPS) is 25.1. The van der Waals surface area contributed by atoms with Crippen molar-refractivity contribution in [3.8, 4) is 0 Å². The van der Waals surface area contributed by atoms with Crippen LogP contribution in [-0.4, -0.2) is 24.5 Å². The van der Waals surface area contributed by atoms with Crippen molar-refractivity contribution in [1.29, 1.82) is 0 Å². The number of hydrogen-bond donors (Lipinski definition) is 0. The van der Waals surface area contributed by atoms with E-state index in [1.807, 2.05) is 0 Å². The Morgan fingerprint density at radius 1 is 0.812 bits per heavy atom. The number of rotatable bonds is 4. The van der Waals surface area contributed by atoms with E-state index in [1.54, 1.807) is 0 Å². The van der Waals surface area contributed by atoms with Crippen molar-refractivity contribution >= 4 is 0 Å². The first-order chi connectivity index (χ1) is 7.86. The standard InChI is InChI=1S/C15H29N/c1-16(15-10-6-3-7-11-15)13-12-14-8-4-2-5-9-14/h14-15H,2-13H2,1H3. The van der Waals surface area contributed by atoms with Crippen molar-refractivity contribution in [2.75, 3.05) is 13.6 Å². The van der Waals surface area contributed by atoms with E-state index in [2.05, 4.69) is 11.9 Å². The monoisotopic (exact) mass is 223 g/mol. The summed E-state index contributed by atoms with van der Waals surface area (Å²) >= 11 is 0. The van der Waals surface area contributed by atoms with Crippen LogP contribution in [0.15, 0.2) is 0 Å². The van der Waals surface area contributed by atoms with Crippen molar-refractivity contribution in [1.82, 2.24) is 4.90 Å². The van der Waals surface area contributed by atoms with E-state index in [4.69, 9.17) is 0 Å². The van der Waals surface area contributed by atoms with Crippen LogP contribution in [-0.2, 0) is 0 Å². The van der Waals surface area contributed by atoms with Crippen LogP contribution < -0.4 is 0 Å². The quantitative estimate of drug-likeness (QED) is 0.689. The maximum absolute atomic E-state index is 2.66. The third-order valence-corrected chi connectivity index (χ3v) is 4.81. The van der Waals surface area contributed by atoms with Gasteiger partial charge in [0, 0.05) is 6.04 Å². The molecule has 2 saturated carbocycles. The molecule has 0 aromatic carbocycles. The summed E-state index contributed by atoms with van der Waals surface area (Å²) in [6, 6.07) is 0.914. The summed E-state index contributed by atoms with van der Waals surface area (Å²) in [5.41, 5.74) is 0. The highest BCUT2D eigenvalue weighted by Gasteiger charge is 2.19. The van der Waals surface area contributed by atoms with Gasteiger partial charge >= 0.3 is 0 Å². The second-order valence-corrected chi connectivity index (χ2v) is 6.07. The summed E-state index contributed by atoms with van der Waals surface area (Å²) in [5, 5.41) is 0. The van der Waals surface area contributed by atoms with Crippen LogP contribution >= 0.6 is 0 Å². The molecule has 0 radical (unpaired) electrons. The van der Waals surface area contributed by atoms with Gasteiger partial charge in [-0.1, -0.05) is 51.4 Å². The molecule has 0 heterocycles. The van der Waals surface area contributed by atoms with Gasteiger partial charge in [0.05, 0.1) is 0 Å². The lowest BCUT2D eigenvalue weighted by Crippen LogP contribution is -2.35. The van der Waals surface area contributed by atoms with Crippen LogP contribution in [0.2, 0.25) is 0 Å². The maximum Gasteiger partial charge on any atom is 0.00922 e. The summed E-state index contributed by atoms with van der Waals surface area (Å²) < 4.78 is 0. The molecule has 0 amide bonds. The van der Waals surface area contributed by atoms with Gasteiger partial charge in [-0.25, -0.2) is 0 Å². The van der Waals surface area contributed by atoms with Gasteiger partial charge in [0.1, 0.15) is 0 Å². The van der Waals surface area contributed by atoms with Crippen molar-refractivity contribution < 1.29 is 0 Å². The molecule has 0 aliphatic heterocycles. The van der Waals surface area contributed by atoms with E-state index in [-0.39, 0.29) is 0 Å². The Balaban J connectivity index is 1.63. The minimum Gasteiger partial charge on any atom is -0.303 e. The summed E-state index contributed by atoms with van der Waals surface area (Å²) in [6.45, 7) is 1.36. The van der Waals surface area contributed by atoms with E-state index in [0.717, 1.165) is 12.0 Å². The van der Waals surface area contributed by atoms with Gasteiger partial charge in [0.15, 0.2) is 0 Å². The van der Waals surface area contributed by atoms with E-state index in [0.29, 0.717) is 0 Å². The van der Waals surface area contributed by atoms with Gasteiger partial charge in [-0.2, -0.15) is 0 Å². The van der Waals surface area contributed by atoms with Crippen molar-refractivity contribution in [2.24, 2.45) is 5.92 Å². The summed E-state index contributed by atoms with van der Waals surface area (Å²) in [6.07, 6.45) is 16.3. The van der Waals surface area contributed by atoms with Gasteiger partial charge < -0.3 is 4.90 Å². The van der Waals surface area contributed by atoms with Crippen molar-refractivity contribution in [3.63, 3.8) is 0 Å². The van der Waals surface area contributed by atoms with Gasteiger partial charge in [0.25, 0.3) is 0 Å². The van der Waals surface area contributed by atoms with Crippen LogP contribution in [0.1, 0.15) is 70.6 Å². The molecule has 1 heteroatoms. The molecule has 0 bridgehead atoms. The fourth-order valence-corrected chi connectivity index (χ4v) is 3.57. The Morgan fingerprint density at radius 2 is 1.38 bits per heavy atom. The number of nitrogens with zero attached hydrogens (tertiary/aromatic N) is 1. The first kappa shape index (κ1) is 12.4. The largest absolute Gasteiger partial charge is 0.303 e. The molecule has 0 unspecified atom stereocenters. The lowest BCUT2D eigenvalue weighted by atomic mass is 9.86. The first-order valence-corrected chi connectivity index (χ1v) is 7.56. The molecular weight excluding hydrogens is 194 g/mol. The average Bonchev–Trinajstić information content (AvgIpc) is 2.38. The fourth-order valence-electron chi connectivity index (χ4n) is 3.57.